The van der Waals surface area contributed by atoms with Gasteiger partial charge in [0.1, 0.15) is 11.4 Å². The third kappa shape index (κ3) is 2.97. The van der Waals surface area contributed by atoms with Crippen molar-refractivity contribution in [1.29, 1.82) is 0 Å². The molecule has 1 atom stereocenters. The van der Waals surface area contributed by atoms with Crippen molar-refractivity contribution in [1.82, 2.24) is 19.8 Å². The molecule has 0 radical (unpaired) electrons. The molecule has 6 heteroatoms. The van der Waals surface area contributed by atoms with Gasteiger partial charge in [-0.2, -0.15) is 0 Å². The first kappa shape index (κ1) is 16.1. The summed E-state index contributed by atoms with van der Waals surface area (Å²) in [7, 11) is 0. The van der Waals surface area contributed by atoms with Crippen molar-refractivity contribution < 1.29 is 9.53 Å². The van der Waals surface area contributed by atoms with Crippen LogP contribution in [0.3, 0.4) is 0 Å². The zero-order chi connectivity index (χ0) is 16.7. The van der Waals surface area contributed by atoms with Crippen molar-refractivity contribution in [3.8, 4) is 0 Å². The summed E-state index contributed by atoms with van der Waals surface area (Å²) < 4.78 is 8.54. The van der Waals surface area contributed by atoms with Crippen LogP contribution in [-0.4, -0.2) is 52.1 Å². The average Bonchev–Trinajstić information content (AvgIpc) is 3.28. The maximum atomic E-state index is 12.6. The van der Waals surface area contributed by atoms with E-state index < -0.39 is 11.7 Å². The van der Waals surface area contributed by atoms with Crippen LogP contribution in [0.2, 0.25) is 0 Å². The van der Waals surface area contributed by atoms with Crippen molar-refractivity contribution in [3.05, 3.63) is 18.2 Å². The normalized spacial score (nSPS) is 26.5. The van der Waals surface area contributed by atoms with Gasteiger partial charge in [-0.05, 0) is 45.4 Å². The Morgan fingerprint density at radius 3 is 2.83 bits per heavy atom. The second-order valence-corrected chi connectivity index (χ2v) is 7.82. The highest BCUT2D eigenvalue weighted by Gasteiger charge is 2.47. The second kappa shape index (κ2) is 6.15. The van der Waals surface area contributed by atoms with Gasteiger partial charge in [0.25, 0.3) is 5.91 Å². The minimum Gasteiger partial charge on any atom is -0.354 e. The number of likely N-dealkylation sites (tertiary alicyclic amines) is 1. The molecule has 1 amide bonds. The van der Waals surface area contributed by atoms with Gasteiger partial charge in [-0.15, -0.1) is 0 Å². The van der Waals surface area contributed by atoms with Gasteiger partial charge < -0.3 is 19.5 Å². The number of aromatic nitrogens is 2. The summed E-state index contributed by atoms with van der Waals surface area (Å²) in [5.41, 5.74) is -0.408. The molecule has 132 valence electrons. The number of rotatable bonds is 4. The van der Waals surface area contributed by atoms with E-state index in [1.807, 2.05) is 12.4 Å². The van der Waals surface area contributed by atoms with E-state index in [-0.39, 0.29) is 5.91 Å². The van der Waals surface area contributed by atoms with E-state index in [0.29, 0.717) is 18.5 Å². The van der Waals surface area contributed by atoms with Gasteiger partial charge in [0.05, 0.1) is 6.54 Å². The third-order valence-corrected chi connectivity index (χ3v) is 5.74. The molecule has 4 rings (SSSR count). The summed E-state index contributed by atoms with van der Waals surface area (Å²) in [5, 5.41) is 3.08. The van der Waals surface area contributed by atoms with E-state index >= 15 is 0 Å². The summed E-state index contributed by atoms with van der Waals surface area (Å²) in [5.74, 6) is 1.72. The molecule has 1 saturated heterocycles. The van der Waals surface area contributed by atoms with Crippen molar-refractivity contribution >= 4 is 5.91 Å². The zero-order valence-corrected chi connectivity index (χ0v) is 14.7. The SMILES string of the molecule is CC(C)N1CCC2(CC1)O[C@@H](C(=O)NCC1CC1)Cn1ccnc12. The summed E-state index contributed by atoms with van der Waals surface area (Å²) in [4.78, 5) is 19.6. The predicted molar refractivity (Wildman–Crippen MR) is 90.5 cm³/mol. The van der Waals surface area contributed by atoms with Crippen LogP contribution in [0.4, 0.5) is 0 Å². The molecule has 0 unspecified atom stereocenters. The monoisotopic (exact) mass is 332 g/mol. The summed E-state index contributed by atoms with van der Waals surface area (Å²) in [6.07, 6.45) is 7.69. The molecule has 1 N–H and O–H groups in total. The molecule has 1 aliphatic carbocycles. The number of imidazole rings is 1. The Balaban J connectivity index is 1.50. The molecule has 2 aliphatic heterocycles. The van der Waals surface area contributed by atoms with Crippen LogP contribution < -0.4 is 5.32 Å². The maximum absolute atomic E-state index is 12.6. The van der Waals surface area contributed by atoms with Gasteiger partial charge in [-0.3, -0.25) is 4.79 Å². The molecular formula is C18H28N4O2. The van der Waals surface area contributed by atoms with Crippen LogP contribution in [0.15, 0.2) is 12.4 Å². The van der Waals surface area contributed by atoms with Crippen molar-refractivity contribution in [2.24, 2.45) is 5.92 Å². The molecule has 0 aromatic carbocycles. The fourth-order valence-corrected chi connectivity index (χ4v) is 3.96. The highest BCUT2D eigenvalue weighted by molar-refractivity contribution is 5.81. The Kier molecular flexibility index (Phi) is 4.12. The van der Waals surface area contributed by atoms with Gasteiger partial charge in [-0.1, -0.05) is 0 Å². The molecule has 1 aromatic rings. The first-order valence-corrected chi connectivity index (χ1v) is 9.28. The maximum Gasteiger partial charge on any atom is 0.251 e. The largest absolute Gasteiger partial charge is 0.354 e. The van der Waals surface area contributed by atoms with Gasteiger partial charge >= 0.3 is 0 Å². The van der Waals surface area contributed by atoms with Crippen LogP contribution in [0.1, 0.15) is 45.4 Å². The number of piperidine rings is 1. The number of nitrogens with one attached hydrogen (secondary N) is 1. The van der Waals surface area contributed by atoms with E-state index in [1.165, 1.54) is 12.8 Å². The lowest BCUT2D eigenvalue weighted by molar-refractivity contribution is -0.174. The minimum atomic E-state index is -0.408. The Morgan fingerprint density at radius 1 is 1.42 bits per heavy atom. The van der Waals surface area contributed by atoms with Gasteiger partial charge in [0.2, 0.25) is 0 Å². The molecule has 24 heavy (non-hydrogen) atoms. The smallest absolute Gasteiger partial charge is 0.251 e. The molecule has 1 saturated carbocycles. The summed E-state index contributed by atoms with van der Waals surface area (Å²) in [6, 6.07) is 0.545. The highest BCUT2D eigenvalue weighted by atomic mass is 16.5. The van der Waals surface area contributed by atoms with Crippen LogP contribution in [0.25, 0.3) is 0 Å². The molecular weight excluding hydrogens is 304 g/mol. The Morgan fingerprint density at radius 2 is 2.17 bits per heavy atom. The van der Waals surface area contributed by atoms with Crippen LogP contribution in [0, 0.1) is 5.92 Å². The van der Waals surface area contributed by atoms with Crippen molar-refractivity contribution in [3.63, 3.8) is 0 Å². The first-order chi connectivity index (χ1) is 11.6. The van der Waals surface area contributed by atoms with E-state index in [9.17, 15) is 4.79 Å². The lowest BCUT2D eigenvalue weighted by atomic mass is 9.88. The molecule has 3 heterocycles. The topological polar surface area (TPSA) is 59.4 Å². The first-order valence-electron chi connectivity index (χ1n) is 9.28. The fourth-order valence-electron chi connectivity index (χ4n) is 3.96. The van der Waals surface area contributed by atoms with Gasteiger partial charge in [-0.25, -0.2) is 4.98 Å². The minimum absolute atomic E-state index is 0.0342. The molecule has 6 nitrogen and oxygen atoms in total. The van der Waals surface area contributed by atoms with Crippen molar-refractivity contribution in [2.75, 3.05) is 19.6 Å². The summed E-state index contributed by atoms with van der Waals surface area (Å²) >= 11 is 0. The number of nitrogens with zero attached hydrogens (tertiary/aromatic N) is 3. The number of fused-ring (bicyclic) bond motifs is 2. The summed E-state index contributed by atoms with van der Waals surface area (Å²) in [6.45, 7) is 7.80. The Bertz CT molecular complexity index is 600. The van der Waals surface area contributed by atoms with E-state index in [2.05, 4.69) is 33.6 Å². The van der Waals surface area contributed by atoms with Crippen LogP contribution in [-0.2, 0) is 21.7 Å². The standard InChI is InChI=1S/C18H28N4O2/c1-13(2)21-8-5-18(6-9-21)17-19-7-10-22(17)12-15(24-18)16(23)20-11-14-3-4-14/h7,10,13-15H,3-6,8-9,11-12H2,1-2H3,(H,20,23)/t15-/m1/s1. The average molecular weight is 332 g/mol. The lowest BCUT2D eigenvalue weighted by Crippen LogP contribution is -2.54. The number of ether oxygens (including phenoxy) is 1. The molecule has 1 spiro atoms. The number of hydrogen-bond donors (Lipinski definition) is 1. The molecule has 3 aliphatic rings. The molecule has 1 aromatic heterocycles. The van der Waals surface area contributed by atoms with E-state index in [4.69, 9.17) is 4.74 Å². The Hall–Kier alpha value is -1.40. The number of hydrogen-bond acceptors (Lipinski definition) is 4. The van der Waals surface area contributed by atoms with Crippen LogP contribution >= 0.6 is 0 Å². The Labute approximate surface area is 143 Å². The number of carbonyl (C=O) groups excluding carboxylic acids is 1. The lowest BCUT2D eigenvalue weighted by Gasteiger charge is -2.46. The highest BCUT2D eigenvalue weighted by Crippen LogP contribution is 2.40. The predicted octanol–water partition coefficient (Wildman–Crippen LogP) is 1.51. The van der Waals surface area contributed by atoms with E-state index in [0.717, 1.165) is 38.3 Å². The fraction of sp³-hybridized carbons (Fsp3) is 0.778. The third-order valence-electron chi connectivity index (χ3n) is 5.74. The van der Waals surface area contributed by atoms with E-state index in [1.54, 1.807) is 0 Å². The van der Waals surface area contributed by atoms with Gasteiger partial charge in [0.15, 0.2) is 6.10 Å². The quantitative estimate of drug-likeness (QED) is 0.908. The van der Waals surface area contributed by atoms with Gasteiger partial charge in [0, 0.05) is 38.1 Å². The molecule has 2 fully saturated rings. The second-order valence-electron chi connectivity index (χ2n) is 7.82. The molecule has 0 bridgehead atoms. The zero-order valence-electron chi connectivity index (χ0n) is 14.7. The number of amides is 1. The van der Waals surface area contributed by atoms with Crippen molar-refractivity contribution in [2.45, 2.75) is 63.8 Å². The van der Waals surface area contributed by atoms with Crippen LogP contribution in [0.5, 0.6) is 0 Å². The number of carbonyl (C=O) groups is 1.